The van der Waals surface area contributed by atoms with E-state index < -0.39 is 0 Å². The van der Waals surface area contributed by atoms with Crippen molar-refractivity contribution < 1.29 is 9.53 Å². The summed E-state index contributed by atoms with van der Waals surface area (Å²) < 4.78 is 7.19. The van der Waals surface area contributed by atoms with Gasteiger partial charge >= 0.3 is 0 Å². The van der Waals surface area contributed by atoms with Crippen molar-refractivity contribution in [3.8, 4) is 5.75 Å². The van der Waals surface area contributed by atoms with Gasteiger partial charge in [0.25, 0.3) is 5.91 Å². The molecular weight excluding hydrogens is 340 g/mol. The summed E-state index contributed by atoms with van der Waals surface area (Å²) in [7, 11) is 1.60. The van der Waals surface area contributed by atoms with Gasteiger partial charge in [-0.05, 0) is 49.7 Å². The Morgan fingerprint density at radius 3 is 2.59 bits per heavy atom. The number of nitrogens with one attached hydrogen (secondary N) is 1. The van der Waals surface area contributed by atoms with Crippen LogP contribution in [0.3, 0.4) is 0 Å². The number of nitrogens with zero attached hydrogens (tertiary/aromatic N) is 3. The van der Waals surface area contributed by atoms with Gasteiger partial charge in [-0.1, -0.05) is 24.3 Å². The number of hydrogen-bond acceptors (Lipinski definition) is 4. The molecule has 3 aromatic rings. The summed E-state index contributed by atoms with van der Waals surface area (Å²) in [4.78, 5) is 12.2. The number of para-hydroxylation sites is 1. The van der Waals surface area contributed by atoms with Crippen LogP contribution < -0.4 is 10.2 Å². The van der Waals surface area contributed by atoms with E-state index in [4.69, 9.17) is 4.74 Å². The number of aromatic nitrogens is 2. The van der Waals surface area contributed by atoms with Crippen molar-refractivity contribution in [1.29, 1.82) is 0 Å². The molecule has 1 heterocycles. The third kappa shape index (κ3) is 4.61. The number of carbonyl (C=O) groups is 1. The molecule has 1 aromatic heterocycles. The topological polar surface area (TPSA) is 68.5 Å². The minimum atomic E-state index is -0.265. The molecule has 0 bridgehead atoms. The van der Waals surface area contributed by atoms with Gasteiger partial charge in [-0.2, -0.15) is 10.2 Å². The lowest BCUT2D eigenvalue weighted by atomic mass is 10.1. The molecule has 6 heteroatoms. The highest BCUT2D eigenvalue weighted by atomic mass is 16.5. The zero-order valence-corrected chi connectivity index (χ0v) is 15.6. The molecule has 0 unspecified atom stereocenters. The van der Waals surface area contributed by atoms with Crippen LogP contribution in [0, 0.1) is 13.8 Å². The van der Waals surface area contributed by atoms with Gasteiger partial charge in [-0.25, -0.2) is 5.43 Å². The highest BCUT2D eigenvalue weighted by molar-refractivity contribution is 5.95. The molecule has 0 radical (unpaired) electrons. The van der Waals surface area contributed by atoms with Crippen molar-refractivity contribution >= 4 is 12.1 Å². The molecule has 3 rings (SSSR count). The van der Waals surface area contributed by atoms with Crippen LogP contribution in [-0.2, 0) is 6.54 Å². The van der Waals surface area contributed by atoms with Crippen molar-refractivity contribution in [3.05, 3.63) is 82.7 Å². The maximum atomic E-state index is 12.2. The molecule has 138 valence electrons. The number of hydrogen-bond donors (Lipinski definition) is 1. The molecule has 0 atom stereocenters. The Morgan fingerprint density at radius 2 is 1.93 bits per heavy atom. The SMILES string of the molecule is COc1ccccc1/C=N\NC(=O)c1ccc(Cn2nc(C)cc2C)cc1. The normalized spacial score (nSPS) is 10.9. The molecule has 0 saturated heterocycles. The molecule has 2 aromatic carbocycles. The van der Waals surface area contributed by atoms with E-state index in [1.165, 1.54) is 0 Å². The van der Waals surface area contributed by atoms with Crippen LogP contribution >= 0.6 is 0 Å². The third-order valence-electron chi connectivity index (χ3n) is 4.16. The molecule has 6 nitrogen and oxygen atoms in total. The first-order chi connectivity index (χ1) is 13.1. The predicted octanol–water partition coefficient (Wildman–Crippen LogP) is 3.32. The lowest BCUT2D eigenvalue weighted by molar-refractivity contribution is 0.0955. The van der Waals surface area contributed by atoms with Crippen LogP contribution in [0.2, 0.25) is 0 Å². The molecular formula is C21H22N4O2. The van der Waals surface area contributed by atoms with Crippen LogP contribution in [-0.4, -0.2) is 29.0 Å². The number of methoxy groups -OCH3 is 1. The number of amides is 1. The Balaban J connectivity index is 1.62. The predicted molar refractivity (Wildman–Crippen MR) is 105 cm³/mol. The summed E-state index contributed by atoms with van der Waals surface area (Å²) in [5.74, 6) is 0.433. The van der Waals surface area contributed by atoms with E-state index in [0.29, 0.717) is 17.9 Å². The summed E-state index contributed by atoms with van der Waals surface area (Å²) in [6, 6.07) is 16.9. The van der Waals surface area contributed by atoms with Crippen molar-refractivity contribution in [3.63, 3.8) is 0 Å². The van der Waals surface area contributed by atoms with Crippen LogP contribution in [0.15, 0.2) is 59.7 Å². The number of benzene rings is 2. The van der Waals surface area contributed by atoms with Gasteiger partial charge in [0.2, 0.25) is 0 Å². The van der Waals surface area contributed by atoms with E-state index in [-0.39, 0.29) is 5.91 Å². The smallest absolute Gasteiger partial charge is 0.271 e. The van der Waals surface area contributed by atoms with E-state index >= 15 is 0 Å². The van der Waals surface area contributed by atoms with Crippen LogP contribution in [0.1, 0.15) is 32.9 Å². The van der Waals surface area contributed by atoms with Crippen LogP contribution in [0.5, 0.6) is 5.75 Å². The molecule has 1 amide bonds. The second-order valence-corrected chi connectivity index (χ2v) is 6.22. The van der Waals surface area contributed by atoms with E-state index in [9.17, 15) is 4.79 Å². The fourth-order valence-corrected chi connectivity index (χ4v) is 2.77. The highest BCUT2D eigenvalue weighted by Crippen LogP contribution is 2.14. The van der Waals surface area contributed by atoms with Gasteiger partial charge in [0.15, 0.2) is 0 Å². The fourth-order valence-electron chi connectivity index (χ4n) is 2.77. The Hall–Kier alpha value is -3.41. The number of rotatable bonds is 6. The zero-order chi connectivity index (χ0) is 19.2. The third-order valence-corrected chi connectivity index (χ3v) is 4.16. The molecule has 27 heavy (non-hydrogen) atoms. The van der Waals surface area contributed by atoms with E-state index in [2.05, 4.69) is 15.6 Å². The summed E-state index contributed by atoms with van der Waals surface area (Å²) in [5.41, 5.74) is 7.06. The molecule has 1 N–H and O–H groups in total. The quantitative estimate of drug-likeness (QED) is 0.540. The number of ether oxygens (including phenoxy) is 1. The molecule has 0 saturated carbocycles. The summed E-state index contributed by atoms with van der Waals surface area (Å²) in [6.45, 7) is 4.68. The standard InChI is InChI=1S/C21H22N4O2/c1-15-12-16(2)25(24-15)14-17-8-10-18(11-9-17)21(26)23-22-13-19-6-4-5-7-20(19)27-3/h4-13H,14H2,1-3H3,(H,23,26)/b22-13-. The first kappa shape index (κ1) is 18.4. The van der Waals surface area contributed by atoms with Gasteiger partial charge in [0, 0.05) is 16.8 Å². The monoisotopic (exact) mass is 362 g/mol. The van der Waals surface area contributed by atoms with Crippen molar-refractivity contribution in [2.45, 2.75) is 20.4 Å². The lowest BCUT2D eigenvalue weighted by Crippen LogP contribution is -2.17. The zero-order valence-electron chi connectivity index (χ0n) is 15.6. The minimum absolute atomic E-state index is 0.265. The number of aryl methyl sites for hydroxylation is 2. The number of hydrazone groups is 1. The van der Waals surface area contributed by atoms with Crippen molar-refractivity contribution in [2.24, 2.45) is 5.10 Å². The Bertz CT molecular complexity index is 959. The first-order valence-corrected chi connectivity index (χ1v) is 8.63. The van der Waals surface area contributed by atoms with Gasteiger partial charge in [0.1, 0.15) is 5.75 Å². The maximum absolute atomic E-state index is 12.2. The van der Waals surface area contributed by atoms with Crippen LogP contribution in [0.4, 0.5) is 0 Å². The minimum Gasteiger partial charge on any atom is -0.496 e. The van der Waals surface area contributed by atoms with Gasteiger partial charge in [-0.3, -0.25) is 9.48 Å². The second-order valence-electron chi connectivity index (χ2n) is 6.22. The fraction of sp³-hybridized carbons (Fsp3) is 0.190. The maximum Gasteiger partial charge on any atom is 0.271 e. The lowest BCUT2D eigenvalue weighted by Gasteiger charge is -2.06. The molecule has 0 aliphatic heterocycles. The average molecular weight is 362 g/mol. The average Bonchev–Trinajstić information content (AvgIpc) is 2.99. The molecule has 0 fully saturated rings. The van der Waals surface area contributed by atoms with Crippen molar-refractivity contribution in [2.75, 3.05) is 7.11 Å². The van der Waals surface area contributed by atoms with Gasteiger partial charge in [-0.15, -0.1) is 0 Å². The first-order valence-electron chi connectivity index (χ1n) is 8.63. The van der Waals surface area contributed by atoms with Crippen molar-refractivity contribution in [1.82, 2.24) is 15.2 Å². The van der Waals surface area contributed by atoms with Gasteiger partial charge < -0.3 is 4.74 Å². The number of carbonyl (C=O) groups excluding carboxylic acids is 1. The molecule has 0 aliphatic rings. The Labute approximate surface area is 158 Å². The molecule has 0 spiro atoms. The van der Waals surface area contributed by atoms with E-state index in [1.807, 2.05) is 61.0 Å². The largest absolute Gasteiger partial charge is 0.496 e. The molecule has 0 aliphatic carbocycles. The van der Waals surface area contributed by atoms with E-state index in [1.54, 1.807) is 25.5 Å². The Morgan fingerprint density at radius 1 is 1.19 bits per heavy atom. The Kier molecular flexibility index (Phi) is 5.66. The summed E-state index contributed by atoms with van der Waals surface area (Å²) >= 11 is 0. The van der Waals surface area contributed by atoms with Gasteiger partial charge in [0.05, 0.1) is 25.6 Å². The second kappa shape index (κ2) is 8.31. The summed E-state index contributed by atoms with van der Waals surface area (Å²) in [5, 5.41) is 8.47. The highest BCUT2D eigenvalue weighted by Gasteiger charge is 2.06. The van der Waals surface area contributed by atoms with Crippen LogP contribution in [0.25, 0.3) is 0 Å². The van der Waals surface area contributed by atoms with E-state index in [0.717, 1.165) is 22.5 Å². The summed E-state index contributed by atoms with van der Waals surface area (Å²) in [6.07, 6.45) is 1.56.